The van der Waals surface area contributed by atoms with Crippen LogP contribution in [0.5, 0.6) is 0 Å². The van der Waals surface area contributed by atoms with Gasteiger partial charge in [-0.2, -0.15) is 10.2 Å². The van der Waals surface area contributed by atoms with E-state index in [4.69, 9.17) is 0 Å². The van der Waals surface area contributed by atoms with E-state index < -0.39 is 0 Å². The zero-order chi connectivity index (χ0) is 16.2. The minimum absolute atomic E-state index is 0.103. The first-order valence-corrected chi connectivity index (χ1v) is 7.56. The van der Waals surface area contributed by atoms with Crippen molar-refractivity contribution in [3.05, 3.63) is 65.7 Å². The highest BCUT2D eigenvalue weighted by molar-refractivity contribution is 5.92. The third-order valence-corrected chi connectivity index (χ3v) is 3.65. The maximum Gasteiger partial charge on any atom is 0.274 e. The van der Waals surface area contributed by atoms with Gasteiger partial charge in [0, 0.05) is 31.0 Å². The summed E-state index contributed by atoms with van der Waals surface area (Å²) >= 11 is 0. The van der Waals surface area contributed by atoms with Gasteiger partial charge < -0.3 is 4.90 Å². The average Bonchev–Trinajstić information content (AvgIpc) is 3.24. The number of benzene rings is 1. The van der Waals surface area contributed by atoms with E-state index in [1.165, 1.54) is 0 Å². The van der Waals surface area contributed by atoms with Gasteiger partial charge in [0.05, 0.1) is 11.9 Å². The van der Waals surface area contributed by atoms with Gasteiger partial charge in [-0.05, 0) is 24.6 Å². The van der Waals surface area contributed by atoms with Crippen LogP contribution in [-0.2, 0) is 13.0 Å². The van der Waals surface area contributed by atoms with Crippen LogP contribution in [0.25, 0.3) is 5.69 Å². The highest BCUT2D eigenvalue weighted by atomic mass is 16.2. The van der Waals surface area contributed by atoms with E-state index in [9.17, 15) is 4.79 Å². The zero-order valence-electron chi connectivity index (χ0n) is 13.2. The minimum Gasteiger partial charge on any atom is -0.336 e. The molecule has 118 valence electrons. The number of aryl methyl sites for hydroxylation is 1. The van der Waals surface area contributed by atoms with Crippen LogP contribution in [0.3, 0.4) is 0 Å². The van der Waals surface area contributed by atoms with Gasteiger partial charge in [-0.25, -0.2) is 4.68 Å². The highest BCUT2D eigenvalue weighted by Gasteiger charge is 2.16. The molecule has 1 N–H and O–H groups in total. The molecule has 0 saturated carbocycles. The van der Waals surface area contributed by atoms with E-state index in [-0.39, 0.29) is 5.91 Å². The molecule has 6 heteroatoms. The monoisotopic (exact) mass is 309 g/mol. The molecule has 23 heavy (non-hydrogen) atoms. The Hall–Kier alpha value is -2.89. The van der Waals surface area contributed by atoms with Crippen LogP contribution in [0.1, 0.15) is 28.7 Å². The first kappa shape index (κ1) is 15.0. The summed E-state index contributed by atoms with van der Waals surface area (Å²) < 4.78 is 1.80. The smallest absolute Gasteiger partial charge is 0.274 e. The topological polar surface area (TPSA) is 66.8 Å². The van der Waals surface area contributed by atoms with E-state index in [1.807, 2.05) is 43.5 Å². The Labute approximate surface area is 134 Å². The summed E-state index contributed by atoms with van der Waals surface area (Å²) in [5.74, 6) is -0.103. The van der Waals surface area contributed by atoms with Gasteiger partial charge in [-0.1, -0.05) is 25.1 Å². The van der Waals surface area contributed by atoms with Crippen molar-refractivity contribution in [1.82, 2.24) is 24.9 Å². The van der Waals surface area contributed by atoms with Crippen molar-refractivity contribution in [2.45, 2.75) is 19.9 Å². The van der Waals surface area contributed by atoms with E-state index in [1.54, 1.807) is 28.9 Å². The van der Waals surface area contributed by atoms with E-state index in [2.05, 4.69) is 15.3 Å². The number of para-hydroxylation sites is 1. The first-order valence-electron chi connectivity index (χ1n) is 7.56. The number of hydrogen-bond donors (Lipinski definition) is 1. The fourth-order valence-electron chi connectivity index (χ4n) is 2.36. The number of rotatable bonds is 5. The lowest BCUT2D eigenvalue weighted by Gasteiger charge is -2.14. The molecule has 0 aliphatic heterocycles. The van der Waals surface area contributed by atoms with Gasteiger partial charge in [0.2, 0.25) is 0 Å². The molecule has 0 spiro atoms. The Morgan fingerprint density at radius 2 is 2.09 bits per heavy atom. The molecule has 2 aromatic heterocycles. The van der Waals surface area contributed by atoms with Gasteiger partial charge >= 0.3 is 0 Å². The molecule has 3 rings (SSSR count). The minimum atomic E-state index is -0.103. The van der Waals surface area contributed by atoms with Gasteiger partial charge in [0.1, 0.15) is 5.69 Å². The van der Waals surface area contributed by atoms with Crippen LogP contribution in [0.4, 0.5) is 0 Å². The molecule has 0 unspecified atom stereocenters. The fraction of sp³-hybridized carbons (Fsp3) is 0.235. The predicted molar refractivity (Wildman–Crippen MR) is 87.3 cm³/mol. The quantitative estimate of drug-likeness (QED) is 0.787. The lowest BCUT2D eigenvalue weighted by Crippen LogP contribution is -2.26. The van der Waals surface area contributed by atoms with Crippen LogP contribution in [0.2, 0.25) is 0 Å². The molecule has 3 aromatic rings. The molecule has 1 aromatic carbocycles. The Kier molecular flexibility index (Phi) is 4.23. The number of aromatic amines is 1. The van der Waals surface area contributed by atoms with Crippen LogP contribution < -0.4 is 0 Å². The second-order valence-electron chi connectivity index (χ2n) is 5.42. The summed E-state index contributed by atoms with van der Waals surface area (Å²) in [6.07, 6.45) is 4.54. The largest absolute Gasteiger partial charge is 0.336 e. The third kappa shape index (κ3) is 3.31. The summed E-state index contributed by atoms with van der Waals surface area (Å²) in [6.45, 7) is 2.50. The Morgan fingerprint density at radius 1 is 1.30 bits per heavy atom. The standard InChI is InChI=1S/C17H19N5O/c1-3-14-9-16(20-19-14)17(23)21(2)11-13-10-18-22(12-13)15-7-5-4-6-8-15/h4-10,12H,3,11H2,1-2H3,(H,19,20). The van der Waals surface area contributed by atoms with Crippen molar-refractivity contribution < 1.29 is 4.79 Å². The van der Waals surface area contributed by atoms with E-state index >= 15 is 0 Å². The molecule has 2 heterocycles. The lowest BCUT2D eigenvalue weighted by atomic mass is 10.2. The summed E-state index contributed by atoms with van der Waals surface area (Å²) in [5, 5.41) is 11.3. The van der Waals surface area contributed by atoms with Crippen LogP contribution in [0, 0.1) is 0 Å². The molecular formula is C17H19N5O. The molecule has 0 radical (unpaired) electrons. The van der Waals surface area contributed by atoms with Crippen molar-refractivity contribution in [3.63, 3.8) is 0 Å². The summed E-state index contributed by atoms with van der Waals surface area (Å²) in [6, 6.07) is 11.7. The van der Waals surface area contributed by atoms with Crippen LogP contribution >= 0.6 is 0 Å². The molecule has 0 atom stereocenters. The molecule has 0 bridgehead atoms. The summed E-state index contributed by atoms with van der Waals surface area (Å²) in [5.41, 5.74) is 3.36. The molecule has 6 nitrogen and oxygen atoms in total. The van der Waals surface area contributed by atoms with E-state index in [0.717, 1.165) is 23.4 Å². The average molecular weight is 309 g/mol. The predicted octanol–water partition coefficient (Wildman–Crippen LogP) is 2.43. The molecular weight excluding hydrogens is 290 g/mol. The lowest BCUT2D eigenvalue weighted by molar-refractivity contribution is 0.0779. The second kappa shape index (κ2) is 6.48. The third-order valence-electron chi connectivity index (χ3n) is 3.65. The van der Waals surface area contributed by atoms with Crippen molar-refractivity contribution in [2.24, 2.45) is 0 Å². The maximum atomic E-state index is 12.4. The number of carbonyl (C=O) groups is 1. The number of H-pyrrole nitrogens is 1. The van der Waals surface area contributed by atoms with Gasteiger partial charge in [-0.15, -0.1) is 0 Å². The Morgan fingerprint density at radius 3 is 2.78 bits per heavy atom. The van der Waals surface area contributed by atoms with Crippen molar-refractivity contribution in [3.8, 4) is 5.69 Å². The van der Waals surface area contributed by atoms with Crippen molar-refractivity contribution in [2.75, 3.05) is 7.05 Å². The van der Waals surface area contributed by atoms with Gasteiger partial charge in [0.15, 0.2) is 0 Å². The summed E-state index contributed by atoms with van der Waals surface area (Å²) in [4.78, 5) is 14.0. The molecule has 0 aliphatic rings. The Bertz CT molecular complexity index is 790. The molecule has 0 aliphatic carbocycles. The van der Waals surface area contributed by atoms with Gasteiger partial charge in [0.25, 0.3) is 5.91 Å². The number of hydrogen-bond acceptors (Lipinski definition) is 3. The zero-order valence-corrected chi connectivity index (χ0v) is 13.2. The first-order chi connectivity index (χ1) is 11.2. The fourth-order valence-corrected chi connectivity index (χ4v) is 2.36. The number of nitrogens with zero attached hydrogens (tertiary/aromatic N) is 4. The normalized spacial score (nSPS) is 10.7. The van der Waals surface area contributed by atoms with Gasteiger partial charge in [-0.3, -0.25) is 9.89 Å². The molecule has 0 saturated heterocycles. The van der Waals surface area contributed by atoms with Crippen molar-refractivity contribution in [1.29, 1.82) is 0 Å². The number of nitrogens with one attached hydrogen (secondary N) is 1. The second-order valence-corrected chi connectivity index (χ2v) is 5.42. The molecule has 1 amide bonds. The summed E-state index contributed by atoms with van der Waals surface area (Å²) in [7, 11) is 1.77. The van der Waals surface area contributed by atoms with Crippen LogP contribution in [0.15, 0.2) is 48.8 Å². The molecule has 0 fully saturated rings. The number of carbonyl (C=O) groups excluding carboxylic acids is 1. The van der Waals surface area contributed by atoms with E-state index in [0.29, 0.717) is 12.2 Å². The number of amides is 1. The SMILES string of the molecule is CCc1cc(C(=O)N(C)Cc2cnn(-c3ccccc3)c2)n[nH]1. The maximum absolute atomic E-state index is 12.4. The van der Waals surface area contributed by atoms with Crippen molar-refractivity contribution >= 4 is 5.91 Å². The number of aromatic nitrogens is 4. The Balaban J connectivity index is 1.69. The van der Waals surface area contributed by atoms with Crippen LogP contribution in [-0.4, -0.2) is 37.8 Å². The highest BCUT2D eigenvalue weighted by Crippen LogP contribution is 2.11.